The zero-order valence-electron chi connectivity index (χ0n) is 6.61. The Balaban J connectivity index is 2.65. The molecule has 0 spiro atoms. The number of carbonyl (C=O) groups excluding carboxylic acids is 1. The summed E-state index contributed by atoms with van der Waals surface area (Å²) in [5, 5.41) is 0. The van der Waals surface area contributed by atoms with Crippen molar-refractivity contribution in [1.29, 1.82) is 0 Å². The van der Waals surface area contributed by atoms with Crippen molar-refractivity contribution in [2.45, 2.75) is 6.42 Å². The van der Waals surface area contributed by atoms with Crippen molar-refractivity contribution < 1.29 is 4.79 Å². The first-order valence-electron chi connectivity index (χ1n) is 3.56. The maximum atomic E-state index is 11.3. The van der Waals surface area contributed by atoms with E-state index in [1.165, 1.54) is 0 Å². The van der Waals surface area contributed by atoms with E-state index in [1.807, 2.05) is 0 Å². The fourth-order valence-electron chi connectivity index (χ4n) is 1.18. The van der Waals surface area contributed by atoms with Gasteiger partial charge in [0.1, 0.15) is 5.84 Å². The van der Waals surface area contributed by atoms with Gasteiger partial charge in [0.25, 0.3) is 0 Å². The van der Waals surface area contributed by atoms with E-state index in [-0.39, 0.29) is 12.2 Å². The van der Waals surface area contributed by atoms with E-state index in [9.17, 15) is 4.79 Å². The summed E-state index contributed by atoms with van der Waals surface area (Å²) >= 11 is 0. The molecule has 2 heterocycles. The highest BCUT2D eigenvalue weighted by Gasteiger charge is 2.21. The first-order chi connectivity index (χ1) is 5.68. The standard InChI is InChI=1S/C7H8N4O/c1-11-3-9-6-4(12)2-5(8)10-7(6)11/h3H,2H2,1H3,(H2,8,10). The molecule has 0 amide bonds. The maximum absolute atomic E-state index is 11.3. The number of ketones is 1. The molecule has 1 aromatic rings. The molecule has 0 saturated heterocycles. The number of aromatic nitrogens is 2. The highest BCUT2D eigenvalue weighted by atomic mass is 16.1. The molecular formula is C7H8N4O. The summed E-state index contributed by atoms with van der Waals surface area (Å²) in [6.45, 7) is 0. The number of hydrogen-bond acceptors (Lipinski definition) is 4. The van der Waals surface area contributed by atoms with Crippen molar-refractivity contribution in [2.24, 2.45) is 17.8 Å². The summed E-state index contributed by atoms with van der Waals surface area (Å²) in [6.07, 6.45) is 1.74. The number of rotatable bonds is 0. The van der Waals surface area contributed by atoms with E-state index in [0.29, 0.717) is 17.3 Å². The van der Waals surface area contributed by atoms with E-state index < -0.39 is 0 Å². The van der Waals surface area contributed by atoms with Crippen LogP contribution in [0.3, 0.4) is 0 Å². The molecule has 5 nitrogen and oxygen atoms in total. The Bertz CT molecular complexity index is 377. The second-order valence-corrected chi connectivity index (χ2v) is 2.73. The molecule has 5 heteroatoms. The second-order valence-electron chi connectivity index (χ2n) is 2.73. The molecule has 0 aromatic carbocycles. The molecule has 0 saturated carbocycles. The van der Waals surface area contributed by atoms with Gasteiger partial charge >= 0.3 is 0 Å². The van der Waals surface area contributed by atoms with E-state index in [1.54, 1.807) is 17.9 Å². The number of carbonyl (C=O) groups is 1. The molecule has 0 aliphatic carbocycles. The minimum Gasteiger partial charge on any atom is -0.387 e. The lowest BCUT2D eigenvalue weighted by Crippen LogP contribution is -2.21. The van der Waals surface area contributed by atoms with Crippen molar-refractivity contribution in [3.8, 4) is 0 Å². The molecule has 1 aliphatic rings. The number of nitrogens with zero attached hydrogens (tertiary/aromatic N) is 3. The predicted octanol–water partition coefficient (Wildman–Crippen LogP) is -0.00480. The van der Waals surface area contributed by atoms with Crippen molar-refractivity contribution in [2.75, 3.05) is 0 Å². The molecule has 2 rings (SSSR count). The Kier molecular flexibility index (Phi) is 1.27. The largest absolute Gasteiger partial charge is 0.387 e. The Morgan fingerprint density at radius 1 is 1.67 bits per heavy atom. The molecule has 1 aromatic heterocycles. The normalized spacial score (nSPS) is 15.8. The number of Topliss-reactive ketones (excluding diaryl/α,β-unsaturated/α-hetero) is 1. The molecule has 0 unspecified atom stereocenters. The van der Waals surface area contributed by atoms with Gasteiger partial charge in [-0.2, -0.15) is 0 Å². The van der Waals surface area contributed by atoms with Crippen LogP contribution in [-0.2, 0) is 7.05 Å². The van der Waals surface area contributed by atoms with Crippen LogP contribution in [0.25, 0.3) is 0 Å². The van der Waals surface area contributed by atoms with E-state index >= 15 is 0 Å². The van der Waals surface area contributed by atoms with Gasteiger partial charge in [-0.05, 0) is 0 Å². The zero-order valence-corrected chi connectivity index (χ0v) is 6.61. The molecule has 0 radical (unpaired) electrons. The Morgan fingerprint density at radius 3 is 3.17 bits per heavy atom. The predicted molar refractivity (Wildman–Crippen MR) is 43.4 cm³/mol. The Morgan fingerprint density at radius 2 is 2.42 bits per heavy atom. The number of fused-ring (bicyclic) bond motifs is 1. The SMILES string of the molecule is Cn1cnc2c1N=C(N)CC2=O. The second kappa shape index (κ2) is 2.17. The molecule has 0 bridgehead atoms. The monoisotopic (exact) mass is 164 g/mol. The summed E-state index contributed by atoms with van der Waals surface area (Å²) < 4.78 is 1.68. The van der Waals surface area contributed by atoms with Gasteiger partial charge in [0, 0.05) is 7.05 Å². The number of aryl methyl sites for hydroxylation is 1. The lowest BCUT2D eigenvalue weighted by Gasteiger charge is -2.06. The number of aliphatic imine (C=N–C) groups is 1. The zero-order chi connectivity index (χ0) is 8.72. The lowest BCUT2D eigenvalue weighted by atomic mass is 10.1. The van der Waals surface area contributed by atoms with Crippen molar-refractivity contribution >= 4 is 17.4 Å². The minimum absolute atomic E-state index is 0.0573. The van der Waals surface area contributed by atoms with Gasteiger partial charge in [0.15, 0.2) is 17.3 Å². The van der Waals surface area contributed by atoms with Gasteiger partial charge in [0.05, 0.1) is 12.7 Å². The summed E-state index contributed by atoms with van der Waals surface area (Å²) in [5.74, 6) is 0.859. The molecule has 12 heavy (non-hydrogen) atoms. The summed E-state index contributed by atoms with van der Waals surface area (Å²) in [6, 6.07) is 0. The van der Waals surface area contributed by atoms with Gasteiger partial charge in [-0.25, -0.2) is 9.98 Å². The van der Waals surface area contributed by atoms with Crippen molar-refractivity contribution in [3.63, 3.8) is 0 Å². The summed E-state index contributed by atoms with van der Waals surface area (Å²) in [7, 11) is 1.78. The molecule has 62 valence electrons. The van der Waals surface area contributed by atoms with Gasteiger partial charge in [-0.1, -0.05) is 0 Å². The van der Waals surface area contributed by atoms with Gasteiger partial charge in [-0.3, -0.25) is 4.79 Å². The number of nitrogens with two attached hydrogens (primary N) is 1. The fourth-order valence-corrected chi connectivity index (χ4v) is 1.18. The average Bonchev–Trinajstić information content (AvgIpc) is 2.33. The Labute approximate surface area is 68.9 Å². The minimum atomic E-state index is -0.0573. The number of amidine groups is 1. The number of imidazole rings is 1. The van der Waals surface area contributed by atoms with Crippen LogP contribution < -0.4 is 5.73 Å². The molecular weight excluding hydrogens is 156 g/mol. The highest BCUT2D eigenvalue weighted by molar-refractivity contribution is 6.13. The number of hydrogen-bond donors (Lipinski definition) is 1. The third-order valence-corrected chi connectivity index (χ3v) is 1.76. The van der Waals surface area contributed by atoms with Crippen LogP contribution in [0.15, 0.2) is 11.3 Å². The van der Waals surface area contributed by atoms with Gasteiger partial charge in [-0.15, -0.1) is 0 Å². The lowest BCUT2D eigenvalue weighted by molar-refractivity contribution is 0.0995. The van der Waals surface area contributed by atoms with E-state index in [0.717, 1.165) is 0 Å². The van der Waals surface area contributed by atoms with Crippen LogP contribution in [0.1, 0.15) is 16.9 Å². The summed E-state index contributed by atoms with van der Waals surface area (Å²) in [4.78, 5) is 19.2. The van der Waals surface area contributed by atoms with Crippen LogP contribution in [-0.4, -0.2) is 21.2 Å². The highest BCUT2D eigenvalue weighted by Crippen LogP contribution is 2.22. The smallest absolute Gasteiger partial charge is 0.192 e. The maximum Gasteiger partial charge on any atom is 0.192 e. The van der Waals surface area contributed by atoms with E-state index in [2.05, 4.69) is 9.98 Å². The molecule has 0 fully saturated rings. The average molecular weight is 164 g/mol. The first-order valence-corrected chi connectivity index (χ1v) is 3.56. The van der Waals surface area contributed by atoms with Crippen LogP contribution in [0.4, 0.5) is 5.82 Å². The summed E-state index contributed by atoms with van der Waals surface area (Å²) in [5.41, 5.74) is 5.88. The Hall–Kier alpha value is -1.65. The van der Waals surface area contributed by atoms with Crippen LogP contribution in [0.5, 0.6) is 0 Å². The molecule has 0 atom stereocenters. The van der Waals surface area contributed by atoms with Gasteiger partial charge < -0.3 is 10.3 Å². The molecule has 1 aliphatic heterocycles. The van der Waals surface area contributed by atoms with Crippen molar-refractivity contribution in [1.82, 2.24) is 9.55 Å². The van der Waals surface area contributed by atoms with Gasteiger partial charge in [0.2, 0.25) is 0 Å². The topological polar surface area (TPSA) is 73.3 Å². The molecule has 2 N–H and O–H groups in total. The first kappa shape index (κ1) is 7.02. The van der Waals surface area contributed by atoms with E-state index in [4.69, 9.17) is 5.73 Å². The fraction of sp³-hybridized carbons (Fsp3) is 0.286. The third kappa shape index (κ3) is 0.827. The quantitative estimate of drug-likeness (QED) is 0.586. The van der Waals surface area contributed by atoms with Crippen LogP contribution in [0.2, 0.25) is 0 Å². The van der Waals surface area contributed by atoms with Crippen molar-refractivity contribution in [3.05, 3.63) is 12.0 Å². The third-order valence-electron chi connectivity index (χ3n) is 1.76. The van der Waals surface area contributed by atoms with Crippen LogP contribution in [0, 0.1) is 0 Å². The van der Waals surface area contributed by atoms with Crippen LogP contribution >= 0.6 is 0 Å².